The highest BCUT2D eigenvalue weighted by Gasteiger charge is 2.36. The van der Waals surface area contributed by atoms with E-state index in [2.05, 4.69) is 10.3 Å². The molecule has 1 aromatic heterocycles. The van der Waals surface area contributed by atoms with Gasteiger partial charge in [0.25, 0.3) is 11.5 Å². The Morgan fingerprint density at radius 1 is 1.14 bits per heavy atom. The first-order chi connectivity index (χ1) is 17.3. The molecule has 0 unspecified atom stereocenters. The molecule has 2 aromatic carbocycles. The maximum Gasteiger partial charge on any atom is 0.338 e. The lowest BCUT2D eigenvalue weighted by molar-refractivity contribution is -0.139. The third-order valence-corrected chi connectivity index (χ3v) is 7.02. The zero-order valence-electron chi connectivity index (χ0n) is 20.3. The van der Waals surface area contributed by atoms with Crippen molar-refractivity contribution >= 4 is 34.5 Å². The normalized spacial score (nSPS) is 17.9. The number of thiazole rings is 1. The van der Waals surface area contributed by atoms with Crippen LogP contribution >= 0.6 is 11.3 Å². The Hall–Kier alpha value is -3.98. The molecule has 3 heterocycles. The van der Waals surface area contributed by atoms with Gasteiger partial charge in [0, 0.05) is 16.8 Å². The Balaban J connectivity index is 1.83. The first kappa shape index (κ1) is 23.7. The number of carbonyl (C=O) groups excluding carboxylic acids is 2. The fourth-order valence-corrected chi connectivity index (χ4v) is 5.69. The first-order valence-corrected chi connectivity index (χ1v) is 12.5. The van der Waals surface area contributed by atoms with Gasteiger partial charge in [-0.2, -0.15) is 0 Å². The molecule has 0 aliphatic carbocycles. The molecule has 2 aliphatic rings. The predicted molar refractivity (Wildman–Crippen MR) is 137 cm³/mol. The van der Waals surface area contributed by atoms with Gasteiger partial charge in [-0.05, 0) is 39.8 Å². The van der Waals surface area contributed by atoms with Crippen LogP contribution in [0.25, 0.3) is 5.57 Å². The smallest absolute Gasteiger partial charge is 0.338 e. The number of benzene rings is 2. The number of carbonyl (C=O) groups is 2. The summed E-state index contributed by atoms with van der Waals surface area (Å²) in [5, 5.41) is 2.83. The Labute approximate surface area is 211 Å². The maximum atomic E-state index is 14.0. The van der Waals surface area contributed by atoms with E-state index in [1.54, 1.807) is 26.0 Å². The largest absolute Gasteiger partial charge is 0.491 e. The van der Waals surface area contributed by atoms with E-state index < -0.39 is 17.6 Å². The molecule has 2 aliphatic heterocycles. The summed E-state index contributed by atoms with van der Waals surface area (Å²) in [6.07, 6.45) is -0.126. The lowest BCUT2D eigenvalue weighted by atomic mass is 9.95. The van der Waals surface area contributed by atoms with Crippen LogP contribution in [0, 0.1) is 0 Å². The second kappa shape index (κ2) is 9.23. The van der Waals surface area contributed by atoms with Gasteiger partial charge in [-0.25, -0.2) is 9.79 Å². The minimum absolute atomic E-state index is 0.126. The van der Waals surface area contributed by atoms with Gasteiger partial charge < -0.3 is 14.8 Å². The van der Waals surface area contributed by atoms with Gasteiger partial charge in [0.2, 0.25) is 0 Å². The summed E-state index contributed by atoms with van der Waals surface area (Å²) in [4.78, 5) is 45.1. The molecule has 0 saturated heterocycles. The average Bonchev–Trinajstić information content (AvgIpc) is 3.33. The van der Waals surface area contributed by atoms with Crippen molar-refractivity contribution in [3.63, 3.8) is 0 Å². The van der Waals surface area contributed by atoms with E-state index in [9.17, 15) is 14.4 Å². The summed E-state index contributed by atoms with van der Waals surface area (Å²) in [5.74, 6) is -0.343. The number of nitrogens with one attached hydrogen (secondary N) is 1. The third kappa shape index (κ3) is 3.85. The summed E-state index contributed by atoms with van der Waals surface area (Å²) in [7, 11) is 0. The summed E-state index contributed by atoms with van der Waals surface area (Å²) < 4.78 is 13.2. The lowest BCUT2D eigenvalue weighted by Gasteiger charge is -2.26. The van der Waals surface area contributed by atoms with Crippen molar-refractivity contribution in [3.05, 3.63) is 90.6 Å². The van der Waals surface area contributed by atoms with Crippen molar-refractivity contribution in [2.75, 3.05) is 11.9 Å². The van der Waals surface area contributed by atoms with E-state index in [0.717, 1.165) is 11.3 Å². The molecule has 0 fully saturated rings. The number of esters is 1. The van der Waals surface area contributed by atoms with Crippen molar-refractivity contribution in [1.29, 1.82) is 0 Å². The maximum absolute atomic E-state index is 14.0. The van der Waals surface area contributed by atoms with Crippen LogP contribution in [0.15, 0.2) is 69.6 Å². The molecule has 8 nitrogen and oxygen atoms in total. The summed E-state index contributed by atoms with van der Waals surface area (Å²) in [6.45, 7) is 7.45. The van der Waals surface area contributed by atoms with Crippen LogP contribution in [-0.4, -0.2) is 29.2 Å². The van der Waals surface area contributed by atoms with Crippen molar-refractivity contribution < 1.29 is 19.1 Å². The summed E-state index contributed by atoms with van der Waals surface area (Å²) in [5.41, 5.74) is 2.56. The van der Waals surface area contributed by atoms with E-state index in [0.29, 0.717) is 38.6 Å². The quantitative estimate of drug-likeness (QED) is 0.540. The molecular formula is C27H25N3O5S. The van der Waals surface area contributed by atoms with E-state index in [1.165, 1.54) is 4.57 Å². The predicted octanol–water partition coefficient (Wildman–Crippen LogP) is 2.91. The van der Waals surface area contributed by atoms with Crippen LogP contribution < -0.4 is 24.9 Å². The Bertz CT molecular complexity index is 1610. The second-order valence-electron chi connectivity index (χ2n) is 8.70. The highest BCUT2D eigenvalue weighted by molar-refractivity contribution is 7.07. The fraction of sp³-hybridized carbons (Fsp3) is 0.259. The highest BCUT2D eigenvalue weighted by atomic mass is 32.1. The number of rotatable bonds is 5. The van der Waals surface area contributed by atoms with E-state index in [1.807, 2.05) is 50.2 Å². The number of anilines is 1. The monoisotopic (exact) mass is 503 g/mol. The number of amides is 1. The minimum Gasteiger partial charge on any atom is -0.491 e. The average molecular weight is 504 g/mol. The van der Waals surface area contributed by atoms with Crippen molar-refractivity contribution in [2.45, 2.75) is 39.8 Å². The van der Waals surface area contributed by atoms with Crippen LogP contribution in [0.3, 0.4) is 0 Å². The number of ether oxygens (including phenoxy) is 2. The molecule has 5 rings (SSSR count). The SMILES string of the molecule is CCOC(=O)C1=C(C)N=c2s/c(=C3/C(=O)Nc4ccccc43)c(=O)n2[C@@H]1c1ccccc1OC(C)C. The van der Waals surface area contributed by atoms with Gasteiger partial charge in [0.1, 0.15) is 16.3 Å². The van der Waals surface area contributed by atoms with E-state index in [-0.39, 0.29) is 28.7 Å². The third-order valence-electron chi connectivity index (χ3n) is 5.97. The number of aromatic nitrogens is 1. The van der Waals surface area contributed by atoms with Crippen LogP contribution in [0.1, 0.15) is 44.9 Å². The molecule has 9 heteroatoms. The van der Waals surface area contributed by atoms with E-state index >= 15 is 0 Å². The molecule has 0 radical (unpaired) electrons. The zero-order chi connectivity index (χ0) is 25.6. The van der Waals surface area contributed by atoms with Crippen molar-refractivity contribution in [2.24, 2.45) is 4.99 Å². The number of hydrogen-bond acceptors (Lipinski definition) is 7. The highest BCUT2D eigenvalue weighted by Crippen LogP contribution is 2.36. The Morgan fingerprint density at radius 2 is 1.86 bits per heavy atom. The first-order valence-electron chi connectivity index (χ1n) is 11.7. The zero-order valence-corrected chi connectivity index (χ0v) is 21.1. The topological polar surface area (TPSA) is 99.0 Å². The van der Waals surface area contributed by atoms with Crippen LogP contribution in [-0.2, 0) is 14.3 Å². The number of fused-ring (bicyclic) bond motifs is 2. The van der Waals surface area contributed by atoms with Gasteiger partial charge >= 0.3 is 5.97 Å². The van der Waals surface area contributed by atoms with Gasteiger partial charge in [0.15, 0.2) is 4.80 Å². The molecule has 1 N–H and O–H groups in total. The molecule has 1 atom stereocenters. The van der Waals surface area contributed by atoms with E-state index in [4.69, 9.17) is 9.47 Å². The van der Waals surface area contributed by atoms with Gasteiger partial charge in [-0.3, -0.25) is 14.2 Å². The lowest BCUT2D eigenvalue weighted by Crippen LogP contribution is -2.40. The fourth-order valence-electron chi connectivity index (χ4n) is 4.55. The van der Waals surface area contributed by atoms with Crippen LogP contribution in [0.4, 0.5) is 5.69 Å². The number of para-hydroxylation sites is 2. The van der Waals surface area contributed by atoms with Crippen LogP contribution in [0.5, 0.6) is 5.75 Å². The Kier molecular flexibility index (Phi) is 6.09. The molecule has 1 amide bonds. The molecular weight excluding hydrogens is 478 g/mol. The number of nitrogens with zero attached hydrogens (tertiary/aromatic N) is 2. The number of allylic oxidation sites excluding steroid dienone is 1. The standard InChI is InChI=1S/C27H25N3O5S/c1-5-34-26(33)20-15(4)28-27-30(22(20)17-11-7-9-13-19(17)35-14(2)3)25(32)23(36-27)21-16-10-6-8-12-18(16)29-24(21)31/h6-14,22H,5H2,1-4H3,(H,29,31)/b23-21+/t22-/m1/s1. The molecule has 0 bridgehead atoms. The molecule has 0 spiro atoms. The van der Waals surface area contributed by atoms with Gasteiger partial charge in [-0.1, -0.05) is 47.7 Å². The number of hydrogen-bond donors (Lipinski definition) is 1. The van der Waals surface area contributed by atoms with Crippen molar-refractivity contribution in [1.82, 2.24) is 4.57 Å². The minimum atomic E-state index is -0.829. The summed E-state index contributed by atoms with van der Waals surface area (Å²) >= 11 is 1.13. The second-order valence-corrected chi connectivity index (χ2v) is 9.68. The Morgan fingerprint density at radius 3 is 2.61 bits per heavy atom. The molecule has 3 aromatic rings. The van der Waals surface area contributed by atoms with Gasteiger partial charge in [0.05, 0.1) is 29.6 Å². The molecule has 184 valence electrons. The van der Waals surface area contributed by atoms with Crippen molar-refractivity contribution in [3.8, 4) is 5.75 Å². The summed E-state index contributed by atoms with van der Waals surface area (Å²) in [6, 6.07) is 13.7. The van der Waals surface area contributed by atoms with Crippen LogP contribution in [0.2, 0.25) is 0 Å². The molecule has 36 heavy (non-hydrogen) atoms. The van der Waals surface area contributed by atoms with Gasteiger partial charge in [-0.15, -0.1) is 0 Å². The molecule has 0 saturated carbocycles.